The van der Waals surface area contributed by atoms with Crippen LogP contribution in [-0.2, 0) is 6.54 Å². The number of amides is 1. The zero-order chi connectivity index (χ0) is 26.3. The van der Waals surface area contributed by atoms with Crippen molar-refractivity contribution < 1.29 is 18.7 Å². The highest BCUT2D eigenvalue weighted by Gasteiger charge is 2.52. The minimum atomic E-state index is -2.55. The third-order valence-electron chi connectivity index (χ3n) is 7.09. The van der Waals surface area contributed by atoms with Crippen molar-refractivity contribution in [2.75, 3.05) is 18.0 Å². The number of anilines is 1. The first kappa shape index (κ1) is 24.7. The molecule has 1 spiro atoms. The molecule has 1 aromatic carbocycles. The summed E-state index contributed by atoms with van der Waals surface area (Å²) in [6.07, 6.45) is 3.30. The number of fused-ring (bicyclic) bond motifs is 1. The Kier molecular flexibility index (Phi) is 6.45. The van der Waals surface area contributed by atoms with Gasteiger partial charge < -0.3 is 15.3 Å². The SMILES string of the molecule is O=C(NCc1cc2nc(-c3cccc(N4CC5(CC(O)C5)C4)n3)ccc2cn1)c1cccc(SC(F)F)c1. The molecule has 0 bridgehead atoms. The van der Waals surface area contributed by atoms with Gasteiger partial charge in [-0.15, -0.1) is 0 Å². The fourth-order valence-electron chi connectivity index (χ4n) is 5.25. The van der Waals surface area contributed by atoms with Gasteiger partial charge in [-0.25, -0.2) is 9.97 Å². The Bertz CT molecular complexity index is 1500. The first-order chi connectivity index (χ1) is 18.4. The average molecular weight is 534 g/mol. The number of rotatable bonds is 7. The maximum atomic E-state index is 12.7. The monoisotopic (exact) mass is 533 g/mol. The fourth-order valence-corrected chi connectivity index (χ4v) is 5.81. The first-order valence-corrected chi connectivity index (χ1v) is 13.2. The number of alkyl halides is 2. The highest BCUT2D eigenvalue weighted by Crippen LogP contribution is 2.49. The molecule has 2 N–H and O–H groups in total. The number of aliphatic hydroxyl groups excluding tert-OH is 1. The van der Waals surface area contributed by atoms with Crippen molar-refractivity contribution in [3.8, 4) is 11.4 Å². The molecule has 1 amide bonds. The highest BCUT2D eigenvalue weighted by molar-refractivity contribution is 7.99. The first-order valence-electron chi connectivity index (χ1n) is 12.4. The van der Waals surface area contributed by atoms with Crippen molar-refractivity contribution >= 4 is 34.4 Å². The van der Waals surface area contributed by atoms with Gasteiger partial charge in [0.15, 0.2) is 0 Å². The molecule has 1 saturated heterocycles. The number of nitrogens with one attached hydrogen (secondary N) is 1. The predicted octanol–water partition coefficient (Wildman–Crippen LogP) is 4.90. The molecule has 0 unspecified atom stereocenters. The number of halogens is 2. The molecule has 3 aromatic heterocycles. The van der Waals surface area contributed by atoms with E-state index in [1.807, 2.05) is 36.4 Å². The summed E-state index contributed by atoms with van der Waals surface area (Å²) >= 11 is 0.405. The lowest BCUT2D eigenvalue weighted by molar-refractivity contribution is -0.0494. The van der Waals surface area contributed by atoms with Gasteiger partial charge in [-0.05, 0) is 61.4 Å². The number of aromatic nitrogens is 3. The smallest absolute Gasteiger partial charge is 0.288 e. The van der Waals surface area contributed by atoms with Gasteiger partial charge in [0.05, 0.1) is 35.2 Å². The van der Waals surface area contributed by atoms with Crippen LogP contribution in [0.25, 0.3) is 22.3 Å². The van der Waals surface area contributed by atoms with Gasteiger partial charge in [-0.3, -0.25) is 9.78 Å². The Labute approximate surface area is 222 Å². The second kappa shape index (κ2) is 9.92. The number of carbonyl (C=O) groups is 1. The van der Waals surface area contributed by atoms with Crippen molar-refractivity contribution in [2.24, 2.45) is 5.41 Å². The largest absolute Gasteiger partial charge is 0.393 e. The van der Waals surface area contributed by atoms with E-state index in [0.29, 0.717) is 27.9 Å². The lowest BCUT2D eigenvalue weighted by Gasteiger charge is -2.58. The molecular weight excluding hydrogens is 508 g/mol. The van der Waals surface area contributed by atoms with Crippen LogP contribution in [0.1, 0.15) is 28.9 Å². The normalized spacial score (nSPS) is 16.5. The van der Waals surface area contributed by atoms with Crippen LogP contribution in [0, 0.1) is 5.41 Å². The molecule has 0 radical (unpaired) electrons. The molecule has 1 aliphatic heterocycles. The standard InChI is InChI=1S/C28H25F2N5O2S/c29-27(30)38-21-4-1-3-17(9-21)26(37)32-14-19-10-24-18(13-31-19)7-8-23(33-24)22-5-2-6-25(34-22)35-15-28(16-35)11-20(36)12-28/h1-10,13,20,27,36H,11-12,14-16H2,(H,32,37). The van der Waals surface area contributed by atoms with Gasteiger partial charge in [0.1, 0.15) is 5.82 Å². The minimum absolute atomic E-state index is 0.158. The van der Waals surface area contributed by atoms with Crippen molar-refractivity contribution in [1.29, 1.82) is 0 Å². The Morgan fingerprint density at radius 2 is 1.87 bits per heavy atom. The summed E-state index contributed by atoms with van der Waals surface area (Å²) < 4.78 is 25.3. The van der Waals surface area contributed by atoms with Crippen LogP contribution in [0.5, 0.6) is 0 Å². The molecule has 4 heterocycles. The summed E-state index contributed by atoms with van der Waals surface area (Å²) in [6.45, 7) is 2.01. The summed E-state index contributed by atoms with van der Waals surface area (Å²) in [6, 6.07) is 17.8. The number of carbonyl (C=O) groups excluding carboxylic acids is 1. The van der Waals surface area contributed by atoms with Gasteiger partial charge >= 0.3 is 0 Å². The quantitative estimate of drug-likeness (QED) is 0.327. The molecule has 1 aliphatic carbocycles. The Morgan fingerprint density at radius 1 is 1.08 bits per heavy atom. The molecule has 38 heavy (non-hydrogen) atoms. The Hall–Kier alpha value is -3.63. The average Bonchev–Trinajstić information content (AvgIpc) is 2.88. The molecule has 10 heteroatoms. The topological polar surface area (TPSA) is 91.2 Å². The van der Waals surface area contributed by atoms with E-state index in [9.17, 15) is 18.7 Å². The van der Waals surface area contributed by atoms with Crippen LogP contribution in [-0.4, -0.2) is 50.9 Å². The van der Waals surface area contributed by atoms with Crippen LogP contribution in [0.15, 0.2) is 71.8 Å². The van der Waals surface area contributed by atoms with E-state index in [4.69, 9.17) is 9.97 Å². The Balaban J connectivity index is 1.15. The van der Waals surface area contributed by atoms with E-state index in [1.54, 1.807) is 24.4 Å². The maximum absolute atomic E-state index is 12.7. The maximum Gasteiger partial charge on any atom is 0.288 e. The summed E-state index contributed by atoms with van der Waals surface area (Å²) in [7, 11) is 0. The number of benzene rings is 1. The minimum Gasteiger partial charge on any atom is -0.393 e. The molecular formula is C28H25F2N5O2S. The van der Waals surface area contributed by atoms with Crippen LogP contribution < -0.4 is 10.2 Å². The second-order valence-electron chi connectivity index (χ2n) is 9.95. The number of thioether (sulfide) groups is 1. The number of pyridine rings is 3. The second-order valence-corrected chi connectivity index (χ2v) is 11.0. The number of hydrogen-bond donors (Lipinski definition) is 2. The van der Waals surface area contributed by atoms with Crippen LogP contribution >= 0.6 is 11.8 Å². The lowest BCUT2D eigenvalue weighted by atomic mass is 9.62. The van der Waals surface area contributed by atoms with Gasteiger partial charge in [0.2, 0.25) is 0 Å². The summed E-state index contributed by atoms with van der Waals surface area (Å²) in [5.74, 6) is -2.00. The summed E-state index contributed by atoms with van der Waals surface area (Å²) in [4.78, 5) is 29.2. The van der Waals surface area contributed by atoms with Crippen molar-refractivity contribution in [3.63, 3.8) is 0 Å². The zero-order valence-electron chi connectivity index (χ0n) is 20.3. The van der Waals surface area contributed by atoms with Gasteiger partial charge in [-0.1, -0.05) is 23.9 Å². The molecule has 0 atom stereocenters. The van der Waals surface area contributed by atoms with E-state index < -0.39 is 5.76 Å². The van der Waals surface area contributed by atoms with E-state index in [1.165, 1.54) is 6.07 Å². The van der Waals surface area contributed by atoms with Gasteiger partial charge in [-0.2, -0.15) is 8.78 Å². The molecule has 2 aliphatic rings. The van der Waals surface area contributed by atoms with E-state index in [0.717, 1.165) is 54.0 Å². The summed E-state index contributed by atoms with van der Waals surface area (Å²) in [5, 5.41) is 13.3. The van der Waals surface area contributed by atoms with Crippen molar-refractivity contribution in [1.82, 2.24) is 20.3 Å². The third-order valence-corrected chi connectivity index (χ3v) is 7.80. The predicted molar refractivity (Wildman–Crippen MR) is 142 cm³/mol. The molecule has 2 fully saturated rings. The molecule has 4 aromatic rings. The van der Waals surface area contributed by atoms with Crippen LogP contribution in [0.2, 0.25) is 0 Å². The lowest BCUT2D eigenvalue weighted by Crippen LogP contribution is -2.64. The number of hydrogen-bond acceptors (Lipinski definition) is 7. The van der Waals surface area contributed by atoms with Crippen LogP contribution in [0.3, 0.4) is 0 Å². The zero-order valence-corrected chi connectivity index (χ0v) is 21.2. The molecule has 6 rings (SSSR count). The van der Waals surface area contributed by atoms with E-state index in [2.05, 4.69) is 15.2 Å². The van der Waals surface area contributed by atoms with E-state index in [-0.39, 0.29) is 24.0 Å². The number of aliphatic hydroxyl groups is 1. The fraction of sp³-hybridized carbons (Fsp3) is 0.286. The Morgan fingerprint density at radius 3 is 2.66 bits per heavy atom. The molecule has 7 nitrogen and oxygen atoms in total. The molecule has 194 valence electrons. The summed E-state index contributed by atoms with van der Waals surface area (Å²) in [5.41, 5.74) is 3.43. The van der Waals surface area contributed by atoms with E-state index >= 15 is 0 Å². The third kappa shape index (κ3) is 5.06. The number of nitrogens with zero attached hydrogens (tertiary/aromatic N) is 4. The van der Waals surface area contributed by atoms with Crippen molar-refractivity contribution in [3.05, 3.63) is 78.1 Å². The van der Waals surface area contributed by atoms with Crippen LogP contribution in [0.4, 0.5) is 14.6 Å². The molecule has 1 saturated carbocycles. The van der Waals surface area contributed by atoms with Gasteiger partial charge in [0.25, 0.3) is 11.7 Å². The van der Waals surface area contributed by atoms with Crippen molar-refractivity contribution in [2.45, 2.75) is 36.1 Å². The highest BCUT2D eigenvalue weighted by atomic mass is 32.2. The van der Waals surface area contributed by atoms with Gasteiger partial charge in [0, 0.05) is 40.5 Å².